The smallest absolute Gasteiger partial charge is 0.267 e. The number of aliphatic hydroxyl groups is 1. The van der Waals surface area contributed by atoms with Gasteiger partial charge in [-0.3, -0.25) is 9.59 Å². The minimum Gasteiger partial charge on any atom is -0.478 e. The number of hydrogen-bond acceptors (Lipinski definition) is 4. The van der Waals surface area contributed by atoms with Gasteiger partial charge in [0.25, 0.3) is 5.91 Å². The van der Waals surface area contributed by atoms with E-state index in [-0.39, 0.29) is 24.8 Å². The van der Waals surface area contributed by atoms with E-state index >= 15 is 0 Å². The molecule has 2 aromatic carbocycles. The van der Waals surface area contributed by atoms with Crippen molar-refractivity contribution < 1.29 is 19.4 Å². The lowest BCUT2D eigenvalue weighted by atomic mass is 10.1. The molecule has 6 nitrogen and oxygen atoms in total. The van der Waals surface area contributed by atoms with Gasteiger partial charge in [-0.25, -0.2) is 0 Å². The summed E-state index contributed by atoms with van der Waals surface area (Å²) < 4.78 is 5.78. The number of anilines is 1. The second-order valence-electron chi connectivity index (χ2n) is 7.98. The van der Waals surface area contributed by atoms with Crippen LogP contribution in [-0.4, -0.2) is 34.7 Å². The Labute approximate surface area is 176 Å². The molecule has 0 fully saturated rings. The number of amides is 2. The molecule has 0 aliphatic heterocycles. The standard InChI is InChI=1S/C22H27ClN2O4/c1-21(2,14-26)25-19(27)13-15-5-9-17(10-6-15)24-20(28)22(3,4)29-18-11-7-16(23)8-12-18/h5-12,26H,13-14H2,1-4H3,(H,24,28)(H,25,27). The molecule has 7 heteroatoms. The molecule has 0 aromatic heterocycles. The number of aliphatic hydroxyl groups excluding tert-OH is 1. The number of carbonyl (C=O) groups excluding carboxylic acids is 2. The Hall–Kier alpha value is -2.57. The molecular weight excluding hydrogens is 392 g/mol. The Kier molecular flexibility index (Phi) is 7.27. The third kappa shape index (κ3) is 7.07. The zero-order valence-electron chi connectivity index (χ0n) is 17.1. The topological polar surface area (TPSA) is 87.7 Å². The third-order valence-corrected chi connectivity index (χ3v) is 4.44. The molecule has 2 aromatic rings. The van der Waals surface area contributed by atoms with E-state index < -0.39 is 11.1 Å². The first kappa shape index (κ1) is 22.7. The van der Waals surface area contributed by atoms with Gasteiger partial charge < -0.3 is 20.5 Å². The summed E-state index contributed by atoms with van der Waals surface area (Å²) >= 11 is 5.86. The molecule has 0 unspecified atom stereocenters. The summed E-state index contributed by atoms with van der Waals surface area (Å²) in [6, 6.07) is 13.8. The van der Waals surface area contributed by atoms with Crippen molar-refractivity contribution in [3.8, 4) is 5.75 Å². The van der Waals surface area contributed by atoms with Crippen molar-refractivity contribution >= 4 is 29.1 Å². The van der Waals surface area contributed by atoms with E-state index in [9.17, 15) is 14.7 Å². The van der Waals surface area contributed by atoms with E-state index in [2.05, 4.69) is 10.6 Å². The van der Waals surface area contributed by atoms with Crippen molar-refractivity contribution in [2.75, 3.05) is 11.9 Å². The number of ether oxygens (including phenoxy) is 1. The van der Waals surface area contributed by atoms with E-state index in [0.29, 0.717) is 16.5 Å². The van der Waals surface area contributed by atoms with Crippen LogP contribution in [0.1, 0.15) is 33.3 Å². The predicted molar refractivity (Wildman–Crippen MR) is 114 cm³/mol. The first-order valence-electron chi connectivity index (χ1n) is 9.28. The highest BCUT2D eigenvalue weighted by Gasteiger charge is 2.30. The number of benzene rings is 2. The lowest BCUT2D eigenvalue weighted by Gasteiger charge is -2.25. The van der Waals surface area contributed by atoms with Crippen LogP contribution >= 0.6 is 11.6 Å². The summed E-state index contributed by atoms with van der Waals surface area (Å²) in [6.07, 6.45) is 0.183. The van der Waals surface area contributed by atoms with Gasteiger partial charge in [0.1, 0.15) is 5.75 Å². The van der Waals surface area contributed by atoms with Crippen molar-refractivity contribution in [3.63, 3.8) is 0 Å². The van der Waals surface area contributed by atoms with Crippen LogP contribution < -0.4 is 15.4 Å². The lowest BCUT2D eigenvalue weighted by Crippen LogP contribution is -2.46. The van der Waals surface area contributed by atoms with Crippen LogP contribution in [0.4, 0.5) is 5.69 Å². The molecule has 0 atom stereocenters. The van der Waals surface area contributed by atoms with Crippen molar-refractivity contribution in [1.82, 2.24) is 5.32 Å². The molecule has 2 amide bonds. The van der Waals surface area contributed by atoms with Gasteiger partial charge in [0.15, 0.2) is 5.60 Å². The highest BCUT2D eigenvalue weighted by atomic mass is 35.5. The summed E-state index contributed by atoms with van der Waals surface area (Å²) in [5.41, 5.74) is -0.364. The van der Waals surface area contributed by atoms with Gasteiger partial charge in [-0.2, -0.15) is 0 Å². The molecule has 29 heavy (non-hydrogen) atoms. The summed E-state index contributed by atoms with van der Waals surface area (Å²) in [5.74, 6) is 0.0580. The van der Waals surface area contributed by atoms with E-state index in [4.69, 9.17) is 16.3 Å². The molecule has 0 spiro atoms. The second-order valence-corrected chi connectivity index (χ2v) is 8.42. The summed E-state index contributed by atoms with van der Waals surface area (Å²) in [4.78, 5) is 24.7. The maximum Gasteiger partial charge on any atom is 0.267 e. The van der Waals surface area contributed by atoms with E-state index in [1.807, 2.05) is 0 Å². The normalized spacial score (nSPS) is 11.7. The first-order valence-corrected chi connectivity index (χ1v) is 9.65. The van der Waals surface area contributed by atoms with Gasteiger partial charge in [0.2, 0.25) is 5.91 Å². The van der Waals surface area contributed by atoms with Crippen molar-refractivity contribution in [3.05, 3.63) is 59.1 Å². The highest BCUT2D eigenvalue weighted by Crippen LogP contribution is 2.22. The highest BCUT2D eigenvalue weighted by molar-refractivity contribution is 6.30. The largest absolute Gasteiger partial charge is 0.478 e. The van der Waals surface area contributed by atoms with Crippen LogP contribution in [0.3, 0.4) is 0 Å². The molecule has 0 saturated carbocycles. The molecule has 0 bridgehead atoms. The van der Waals surface area contributed by atoms with Gasteiger partial charge in [-0.1, -0.05) is 23.7 Å². The van der Waals surface area contributed by atoms with Crippen molar-refractivity contribution in [1.29, 1.82) is 0 Å². The van der Waals surface area contributed by atoms with E-state index in [1.165, 1.54) is 0 Å². The zero-order chi connectivity index (χ0) is 21.7. The fraction of sp³-hybridized carbons (Fsp3) is 0.364. The fourth-order valence-electron chi connectivity index (χ4n) is 2.48. The predicted octanol–water partition coefficient (Wildman–Crippen LogP) is 3.57. The van der Waals surface area contributed by atoms with Crippen LogP contribution in [0, 0.1) is 0 Å². The summed E-state index contributed by atoms with van der Waals surface area (Å²) in [5, 5.41) is 15.4. The van der Waals surface area contributed by atoms with E-state index in [0.717, 1.165) is 5.56 Å². The number of halogens is 1. The molecular formula is C22H27ClN2O4. The number of carbonyl (C=O) groups is 2. The van der Waals surface area contributed by atoms with Crippen LogP contribution in [0.5, 0.6) is 5.75 Å². The third-order valence-electron chi connectivity index (χ3n) is 4.18. The maximum absolute atomic E-state index is 12.6. The Bertz CT molecular complexity index is 846. The first-order chi connectivity index (χ1) is 13.5. The average molecular weight is 419 g/mol. The van der Waals surface area contributed by atoms with Crippen molar-refractivity contribution in [2.45, 2.75) is 45.3 Å². The zero-order valence-corrected chi connectivity index (χ0v) is 17.8. The van der Waals surface area contributed by atoms with Crippen LogP contribution in [0.2, 0.25) is 5.02 Å². The Morgan fingerprint density at radius 3 is 2.14 bits per heavy atom. The molecule has 2 rings (SSSR count). The quantitative estimate of drug-likeness (QED) is 0.611. The molecule has 0 aliphatic rings. The Balaban J connectivity index is 1.95. The fourth-order valence-corrected chi connectivity index (χ4v) is 2.60. The SMILES string of the molecule is CC(C)(CO)NC(=O)Cc1ccc(NC(=O)C(C)(C)Oc2ccc(Cl)cc2)cc1. The second kappa shape index (κ2) is 9.29. The lowest BCUT2D eigenvalue weighted by molar-refractivity contribution is -0.128. The molecule has 0 saturated heterocycles. The van der Waals surface area contributed by atoms with Crippen LogP contribution in [0.25, 0.3) is 0 Å². The number of hydrogen-bond donors (Lipinski definition) is 3. The van der Waals surface area contributed by atoms with Gasteiger partial charge in [-0.05, 0) is 69.7 Å². The monoisotopic (exact) mass is 418 g/mol. The maximum atomic E-state index is 12.6. The average Bonchev–Trinajstić information content (AvgIpc) is 2.64. The Morgan fingerprint density at radius 2 is 1.59 bits per heavy atom. The van der Waals surface area contributed by atoms with E-state index in [1.54, 1.807) is 76.2 Å². The van der Waals surface area contributed by atoms with Crippen LogP contribution in [-0.2, 0) is 16.0 Å². The molecule has 0 radical (unpaired) electrons. The Morgan fingerprint density at radius 1 is 1.00 bits per heavy atom. The van der Waals surface area contributed by atoms with Gasteiger partial charge in [0, 0.05) is 10.7 Å². The number of rotatable bonds is 8. The van der Waals surface area contributed by atoms with Gasteiger partial charge in [-0.15, -0.1) is 0 Å². The summed E-state index contributed by atoms with van der Waals surface area (Å²) in [7, 11) is 0. The minimum absolute atomic E-state index is 0.141. The van der Waals surface area contributed by atoms with Gasteiger partial charge in [0.05, 0.1) is 18.6 Å². The van der Waals surface area contributed by atoms with Crippen molar-refractivity contribution in [2.24, 2.45) is 0 Å². The molecule has 0 heterocycles. The number of nitrogens with one attached hydrogen (secondary N) is 2. The van der Waals surface area contributed by atoms with Crippen LogP contribution in [0.15, 0.2) is 48.5 Å². The minimum atomic E-state index is -1.09. The molecule has 3 N–H and O–H groups in total. The molecule has 0 aliphatic carbocycles. The van der Waals surface area contributed by atoms with Gasteiger partial charge >= 0.3 is 0 Å². The molecule has 156 valence electrons. The summed E-state index contributed by atoms with van der Waals surface area (Å²) in [6.45, 7) is 6.71.